The molecule has 0 nitrogen and oxygen atoms in total. The van der Waals surface area contributed by atoms with Crippen LogP contribution in [0.5, 0.6) is 0 Å². The van der Waals surface area contributed by atoms with Crippen molar-refractivity contribution in [1.82, 2.24) is 0 Å². The zero-order valence-corrected chi connectivity index (χ0v) is 12.9. The highest BCUT2D eigenvalue weighted by atomic mass is 31.2. The molecule has 0 aromatic carbocycles. The molecule has 0 aromatic rings. The van der Waals surface area contributed by atoms with Crippen LogP contribution in [0.2, 0.25) is 0 Å². The van der Waals surface area contributed by atoms with E-state index >= 15 is 0 Å². The van der Waals surface area contributed by atoms with Crippen LogP contribution in [0.15, 0.2) is 0 Å². The van der Waals surface area contributed by atoms with Gasteiger partial charge < -0.3 is 0 Å². The van der Waals surface area contributed by atoms with E-state index in [4.69, 9.17) is 0 Å². The summed E-state index contributed by atoms with van der Waals surface area (Å²) in [5.74, 6) is 1.59. The first-order valence-electron chi connectivity index (χ1n) is 6.78. The SMILES string of the molecule is CCCCPCP(CCCC)CCCC. The van der Waals surface area contributed by atoms with Crippen molar-refractivity contribution in [2.24, 2.45) is 0 Å². The van der Waals surface area contributed by atoms with Gasteiger partial charge in [-0.1, -0.05) is 40.0 Å². The number of unbranched alkanes of at least 4 members (excludes halogenated alkanes) is 3. The first-order valence-corrected chi connectivity index (χ1v) is 10.1. The molecule has 0 aliphatic rings. The van der Waals surface area contributed by atoms with E-state index in [1.807, 2.05) is 0 Å². The van der Waals surface area contributed by atoms with Gasteiger partial charge in [0.15, 0.2) is 0 Å². The molecule has 0 heterocycles. The predicted molar refractivity (Wildman–Crippen MR) is 79.4 cm³/mol. The summed E-state index contributed by atoms with van der Waals surface area (Å²) >= 11 is 0. The van der Waals surface area contributed by atoms with Crippen LogP contribution in [0.1, 0.15) is 59.3 Å². The van der Waals surface area contributed by atoms with Crippen LogP contribution in [0, 0.1) is 0 Å². The molecule has 0 aromatic heterocycles. The average molecular weight is 248 g/mol. The Labute approximate surface area is 101 Å². The van der Waals surface area contributed by atoms with E-state index in [1.165, 1.54) is 53.3 Å². The molecule has 0 amide bonds. The van der Waals surface area contributed by atoms with E-state index in [-0.39, 0.29) is 0 Å². The monoisotopic (exact) mass is 248 g/mol. The van der Waals surface area contributed by atoms with Crippen molar-refractivity contribution in [1.29, 1.82) is 0 Å². The maximum Gasteiger partial charge on any atom is -0.0148 e. The van der Waals surface area contributed by atoms with Crippen molar-refractivity contribution in [3.05, 3.63) is 0 Å². The van der Waals surface area contributed by atoms with Gasteiger partial charge >= 0.3 is 0 Å². The lowest BCUT2D eigenvalue weighted by molar-refractivity contribution is 0.868. The van der Waals surface area contributed by atoms with Crippen molar-refractivity contribution in [2.75, 3.05) is 24.4 Å². The zero-order chi connectivity index (χ0) is 11.4. The van der Waals surface area contributed by atoms with Crippen molar-refractivity contribution < 1.29 is 0 Å². The summed E-state index contributed by atoms with van der Waals surface area (Å²) in [7, 11) is 1.69. The molecular formula is C13H30P2. The first-order chi connectivity index (χ1) is 7.35. The second kappa shape index (κ2) is 12.9. The van der Waals surface area contributed by atoms with E-state index in [0.29, 0.717) is 7.92 Å². The first kappa shape index (κ1) is 15.9. The molecule has 0 rings (SSSR count). The van der Waals surface area contributed by atoms with Crippen LogP contribution in [0.4, 0.5) is 0 Å². The van der Waals surface area contributed by atoms with Gasteiger partial charge in [0.2, 0.25) is 0 Å². The van der Waals surface area contributed by atoms with Crippen molar-refractivity contribution in [2.45, 2.75) is 59.3 Å². The van der Waals surface area contributed by atoms with Gasteiger partial charge in [-0.3, -0.25) is 0 Å². The molecule has 0 fully saturated rings. The quantitative estimate of drug-likeness (QED) is 0.334. The summed E-state index contributed by atoms with van der Waals surface area (Å²) in [6.45, 7) is 6.96. The van der Waals surface area contributed by atoms with Crippen LogP contribution >= 0.6 is 16.5 Å². The van der Waals surface area contributed by atoms with E-state index in [1.54, 1.807) is 18.2 Å². The van der Waals surface area contributed by atoms with E-state index in [0.717, 1.165) is 0 Å². The second-order valence-electron chi connectivity index (χ2n) is 4.34. The summed E-state index contributed by atoms with van der Waals surface area (Å²) in [6.07, 6.45) is 13.2. The van der Waals surface area contributed by atoms with Crippen LogP contribution in [-0.4, -0.2) is 24.4 Å². The van der Waals surface area contributed by atoms with Crippen molar-refractivity contribution in [3.8, 4) is 0 Å². The van der Waals surface area contributed by atoms with Gasteiger partial charge in [0.1, 0.15) is 0 Å². The fourth-order valence-electron chi connectivity index (χ4n) is 1.57. The fraction of sp³-hybridized carbons (Fsp3) is 1.00. The highest BCUT2D eigenvalue weighted by molar-refractivity contribution is 7.67. The van der Waals surface area contributed by atoms with E-state index in [2.05, 4.69) is 20.8 Å². The molecule has 0 saturated carbocycles. The maximum absolute atomic E-state index is 2.33. The molecule has 0 bridgehead atoms. The standard InChI is InChI=1S/C13H30P2/c1-4-7-10-14-13-15(11-8-5-2)12-9-6-3/h14H,4-13H2,1-3H3. The molecule has 0 spiro atoms. The van der Waals surface area contributed by atoms with Gasteiger partial charge in [-0.25, -0.2) is 0 Å². The summed E-state index contributed by atoms with van der Waals surface area (Å²) in [4.78, 5) is 0. The average Bonchev–Trinajstić information content (AvgIpc) is 2.27. The Morgan fingerprint density at radius 1 is 0.800 bits per heavy atom. The highest BCUT2D eigenvalue weighted by Gasteiger charge is 2.06. The third-order valence-corrected chi connectivity index (χ3v) is 7.99. The largest absolute Gasteiger partial charge is 0.118 e. The smallest absolute Gasteiger partial charge is 0.0148 e. The predicted octanol–water partition coefficient (Wildman–Crippen LogP) is 5.50. The second-order valence-corrected chi connectivity index (χ2v) is 8.84. The summed E-state index contributed by atoms with van der Waals surface area (Å²) in [6, 6.07) is 0. The summed E-state index contributed by atoms with van der Waals surface area (Å²) in [5.41, 5.74) is 0. The van der Waals surface area contributed by atoms with Crippen LogP contribution in [0.3, 0.4) is 0 Å². The minimum atomic E-state index is 0.423. The van der Waals surface area contributed by atoms with Crippen molar-refractivity contribution >= 4 is 16.5 Å². The van der Waals surface area contributed by atoms with Gasteiger partial charge in [-0.2, -0.15) is 0 Å². The van der Waals surface area contributed by atoms with Gasteiger partial charge in [0, 0.05) is 0 Å². The van der Waals surface area contributed by atoms with Crippen molar-refractivity contribution in [3.63, 3.8) is 0 Å². The highest BCUT2D eigenvalue weighted by Crippen LogP contribution is 2.43. The minimum Gasteiger partial charge on any atom is -0.118 e. The molecule has 0 N–H and O–H groups in total. The Bertz CT molecular complexity index is 107. The topological polar surface area (TPSA) is 0 Å². The minimum absolute atomic E-state index is 0.423. The van der Waals surface area contributed by atoms with Gasteiger partial charge in [-0.15, -0.1) is 16.5 Å². The Kier molecular flexibility index (Phi) is 13.7. The molecule has 2 heteroatoms. The third kappa shape index (κ3) is 11.1. The van der Waals surface area contributed by atoms with Crippen LogP contribution in [0.25, 0.3) is 0 Å². The van der Waals surface area contributed by atoms with E-state index < -0.39 is 0 Å². The Balaban J connectivity index is 3.49. The zero-order valence-electron chi connectivity index (χ0n) is 11.0. The fourth-order valence-corrected chi connectivity index (χ4v) is 7.09. The third-order valence-electron chi connectivity index (χ3n) is 2.70. The van der Waals surface area contributed by atoms with Gasteiger partial charge in [0.05, 0.1) is 0 Å². The molecule has 92 valence electrons. The van der Waals surface area contributed by atoms with Crippen LogP contribution < -0.4 is 0 Å². The summed E-state index contributed by atoms with van der Waals surface area (Å²) in [5, 5.41) is 0. The lowest BCUT2D eigenvalue weighted by atomic mass is 10.4. The molecule has 0 saturated heterocycles. The van der Waals surface area contributed by atoms with Crippen LogP contribution in [-0.2, 0) is 0 Å². The molecular weight excluding hydrogens is 218 g/mol. The normalized spacial score (nSPS) is 12.0. The molecule has 15 heavy (non-hydrogen) atoms. The Morgan fingerprint density at radius 2 is 1.33 bits per heavy atom. The lowest BCUT2D eigenvalue weighted by Gasteiger charge is -2.17. The van der Waals surface area contributed by atoms with Gasteiger partial charge in [0.25, 0.3) is 0 Å². The Hall–Kier alpha value is 0.860. The molecule has 0 aliphatic heterocycles. The Morgan fingerprint density at radius 3 is 1.80 bits per heavy atom. The summed E-state index contributed by atoms with van der Waals surface area (Å²) < 4.78 is 0. The number of hydrogen-bond acceptors (Lipinski definition) is 0. The van der Waals surface area contributed by atoms with Gasteiger partial charge in [-0.05, 0) is 43.7 Å². The lowest BCUT2D eigenvalue weighted by Crippen LogP contribution is -1.93. The molecule has 1 atom stereocenters. The maximum atomic E-state index is 2.33. The number of hydrogen-bond donors (Lipinski definition) is 0. The molecule has 0 radical (unpaired) electrons. The van der Waals surface area contributed by atoms with E-state index in [9.17, 15) is 0 Å². The number of rotatable bonds is 11. The molecule has 1 unspecified atom stereocenters. The molecule has 0 aliphatic carbocycles.